The molecular weight excluding hydrogens is 690 g/mol. The number of alkyl halides is 6. The first kappa shape index (κ1) is 34.5. The third-order valence-corrected chi connectivity index (χ3v) is 8.80. The summed E-state index contributed by atoms with van der Waals surface area (Å²) in [4.78, 5) is 75.2. The average Bonchev–Trinajstić information content (AvgIpc) is 3.44. The molecule has 0 bridgehead atoms. The first-order valence-electron chi connectivity index (χ1n) is 14.6. The van der Waals surface area contributed by atoms with Crippen LogP contribution < -0.4 is 0 Å². The zero-order chi connectivity index (χ0) is 37.5. The van der Waals surface area contributed by atoms with Crippen molar-refractivity contribution in [1.82, 2.24) is 9.80 Å². The summed E-state index contributed by atoms with van der Waals surface area (Å²) in [7, 11) is 0. The minimum absolute atomic E-state index is 0.0301. The van der Waals surface area contributed by atoms with Crippen molar-refractivity contribution in [2.24, 2.45) is 0 Å². The molecule has 0 saturated heterocycles. The predicted octanol–water partition coefficient (Wildman–Crippen LogP) is 6.75. The number of hydrogen-bond donors (Lipinski definition) is 2. The van der Waals surface area contributed by atoms with Crippen molar-refractivity contribution < 1.29 is 65.3 Å². The van der Waals surface area contributed by atoms with Gasteiger partial charge in [-0.05, 0) is 95.8 Å². The van der Waals surface area contributed by atoms with Gasteiger partial charge in [0, 0.05) is 0 Å². The standard InChI is InChI=1S/C35H20F6N2O8/c1-15-3-5-19(31(48)49)13-23(15)17-7-9-21-25(11-17)29(46)42(27(21)44)33(34(36,37)38,35(39,40)41)43-28(45)22-10-8-18(12-26(22)30(43)47)24-14-20(32(50)51)6-4-16(24)2/h3-14H,1-2H3,(H,48,49)(H,50,51). The van der Waals surface area contributed by atoms with Gasteiger partial charge in [0.15, 0.2) is 0 Å². The number of amides is 4. The highest BCUT2D eigenvalue weighted by Crippen LogP contribution is 2.54. The molecule has 0 spiro atoms. The normalized spacial score (nSPS) is 14.7. The number of imide groups is 2. The van der Waals surface area contributed by atoms with Gasteiger partial charge in [-0.15, -0.1) is 0 Å². The number of carbonyl (C=O) groups excluding carboxylic acids is 4. The summed E-state index contributed by atoms with van der Waals surface area (Å²) in [6.07, 6.45) is -13.4. The molecule has 6 rings (SSSR count). The molecule has 2 aliphatic heterocycles. The number of hydrogen-bond acceptors (Lipinski definition) is 6. The number of carboxylic acid groups (broad SMARTS) is 2. The van der Waals surface area contributed by atoms with Crippen molar-refractivity contribution in [2.75, 3.05) is 0 Å². The zero-order valence-corrected chi connectivity index (χ0v) is 25.9. The van der Waals surface area contributed by atoms with Crippen LogP contribution >= 0.6 is 0 Å². The van der Waals surface area contributed by atoms with Crippen LogP contribution in [0.1, 0.15) is 73.3 Å². The molecule has 4 amide bonds. The van der Waals surface area contributed by atoms with Gasteiger partial charge in [0.05, 0.1) is 33.4 Å². The number of aryl methyl sites for hydroxylation is 2. The Morgan fingerprint density at radius 2 is 0.824 bits per heavy atom. The second-order valence-corrected chi connectivity index (χ2v) is 11.7. The summed E-state index contributed by atoms with van der Waals surface area (Å²) in [6.45, 7) is 3.04. The van der Waals surface area contributed by atoms with Crippen molar-refractivity contribution in [3.05, 3.63) is 117 Å². The molecule has 10 nitrogen and oxygen atoms in total. The first-order valence-corrected chi connectivity index (χ1v) is 14.6. The molecule has 0 aliphatic carbocycles. The minimum Gasteiger partial charge on any atom is -0.478 e. The topological polar surface area (TPSA) is 149 Å². The van der Waals surface area contributed by atoms with Gasteiger partial charge in [0.1, 0.15) is 0 Å². The van der Waals surface area contributed by atoms with Crippen molar-refractivity contribution >= 4 is 35.6 Å². The molecule has 4 aromatic rings. The SMILES string of the molecule is Cc1ccc(C(=O)O)cc1-c1ccc2c(c1)C(=O)N(C(N1C(=O)c3ccc(-c4cc(C(=O)O)ccc4C)cc3C1=O)(C(F)(F)F)C(F)(F)F)C2=O. The lowest BCUT2D eigenvalue weighted by molar-refractivity contribution is -0.354. The maximum atomic E-state index is 15.2. The van der Waals surface area contributed by atoms with Crippen LogP contribution in [-0.2, 0) is 0 Å². The van der Waals surface area contributed by atoms with E-state index in [2.05, 4.69) is 0 Å². The number of nitrogens with zero attached hydrogens (tertiary/aromatic N) is 2. The Morgan fingerprint density at radius 3 is 1.14 bits per heavy atom. The first-order chi connectivity index (χ1) is 23.7. The van der Waals surface area contributed by atoms with Crippen LogP contribution in [0.3, 0.4) is 0 Å². The molecule has 0 radical (unpaired) electrons. The summed E-state index contributed by atoms with van der Waals surface area (Å²) in [5.41, 5.74) is -8.93. The molecule has 4 aromatic carbocycles. The molecule has 2 aliphatic rings. The van der Waals surface area contributed by atoms with Gasteiger partial charge in [-0.3, -0.25) is 19.2 Å². The van der Waals surface area contributed by atoms with Crippen LogP contribution in [0.2, 0.25) is 0 Å². The van der Waals surface area contributed by atoms with E-state index in [0.717, 1.165) is 48.5 Å². The van der Waals surface area contributed by atoms with Crippen LogP contribution in [0.5, 0.6) is 0 Å². The van der Waals surface area contributed by atoms with Gasteiger partial charge in [0.25, 0.3) is 23.6 Å². The van der Waals surface area contributed by atoms with E-state index in [9.17, 15) is 39.0 Å². The van der Waals surface area contributed by atoms with Gasteiger partial charge < -0.3 is 10.2 Å². The Morgan fingerprint density at radius 1 is 0.490 bits per heavy atom. The fourth-order valence-electron chi connectivity index (χ4n) is 6.30. The van der Waals surface area contributed by atoms with Gasteiger partial charge >= 0.3 is 30.0 Å². The summed E-state index contributed by atoms with van der Waals surface area (Å²) in [5.74, 6) is -11.2. The van der Waals surface area contributed by atoms with Crippen molar-refractivity contribution in [3.63, 3.8) is 0 Å². The van der Waals surface area contributed by atoms with E-state index >= 15 is 26.3 Å². The lowest BCUT2D eigenvalue weighted by Gasteiger charge is -2.46. The minimum atomic E-state index is -6.71. The highest BCUT2D eigenvalue weighted by atomic mass is 19.4. The van der Waals surface area contributed by atoms with E-state index in [1.807, 2.05) is 0 Å². The highest BCUT2D eigenvalue weighted by Gasteiger charge is 2.83. The number of carboxylic acids is 2. The van der Waals surface area contributed by atoms with E-state index in [1.54, 1.807) is 0 Å². The van der Waals surface area contributed by atoms with Crippen molar-refractivity contribution in [3.8, 4) is 22.3 Å². The lowest BCUT2D eigenvalue weighted by Crippen LogP contribution is -2.78. The van der Waals surface area contributed by atoms with Crippen molar-refractivity contribution in [1.29, 1.82) is 0 Å². The quantitative estimate of drug-likeness (QED) is 0.165. The average molecular weight is 711 g/mol. The van der Waals surface area contributed by atoms with Gasteiger partial charge in [-0.1, -0.05) is 24.3 Å². The molecule has 0 aromatic heterocycles. The highest BCUT2D eigenvalue weighted by molar-refractivity contribution is 6.26. The maximum absolute atomic E-state index is 15.2. The van der Waals surface area contributed by atoms with E-state index in [4.69, 9.17) is 0 Å². The van der Waals surface area contributed by atoms with Crippen molar-refractivity contribution in [2.45, 2.75) is 31.9 Å². The lowest BCUT2D eigenvalue weighted by atomic mass is 9.95. The van der Waals surface area contributed by atoms with Crippen LogP contribution in [0.25, 0.3) is 22.3 Å². The summed E-state index contributed by atoms with van der Waals surface area (Å²) >= 11 is 0. The van der Waals surface area contributed by atoms with Gasteiger partial charge in [-0.2, -0.15) is 26.3 Å². The Kier molecular flexibility index (Phi) is 7.70. The molecule has 2 heterocycles. The number of aromatic carboxylic acids is 2. The molecule has 0 unspecified atom stereocenters. The fraction of sp³-hybridized carbons (Fsp3) is 0.143. The summed E-state index contributed by atoms with van der Waals surface area (Å²) in [6, 6.07) is 13.0. The zero-order valence-electron chi connectivity index (χ0n) is 25.9. The third kappa shape index (κ3) is 4.96. The number of benzene rings is 4. The largest absolute Gasteiger partial charge is 0.478 e. The Labute approximate surface area is 282 Å². The monoisotopic (exact) mass is 710 g/mol. The van der Waals surface area contributed by atoms with Crippen LogP contribution in [0.4, 0.5) is 26.3 Å². The smallest absolute Gasteiger partial charge is 0.441 e. The molecule has 0 fully saturated rings. The molecule has 16 heteroatoms. The van der Waals surface area contributed by atoms with Gasteiger partial charge in [0.2, 0.25) is 0 Å². The number of halogens is 6. The molecule has 0 saturated carbocycles. The Balaban J connectivity index is 1.51. The molecule has 0 atom stereocenters. The number of carbonyl (C=O) groups is 6. The summed E-state index contributed by atoms with van der Waals surface area (Å²) < 4.78 is 91.4. The van der Waals surface area contributed by atoms with Gasteiger partial charge in [-0.25, -0.2) is 19.4 Å². The Hall–Kier alpha value is -6.32. The second-order valence-electron chi connectivity index (χ2n) is 11.7. The second kappa shape index (κ2) is 11.4. The molecule has 260 valence electrons. The van der Waals surface area contributed by atoms with E-state index in [0.29, 0.717) is 11.1 Å². The number of fused-ring (bicyclic) bond motifs is 2. The molecule has 51 heavy (non-hydrogen) atoms. The van der Waals surface area contributed by atoms with E-state index in [-0.39, 0.29) is 33.4 Å². The molecular formula is C35H20F6N2O8. The fourth-order valence-corrected chi connectivity index (χ4v) is 6.30. The van der Waals surface area contributed by atoms with Crippen LogP contribution in [-0.4, -0.2) is 73.6 Å². The van der Waals surface area contributed by atoms with E-state index < -0.39 is 85.6 Å². The number of rotatable bonds is 6. The maximum Gasteiger partial charge on any atom is 0.441 e. The van der Waals surface area contributed by atoms with E-state index in [1.165, 1.54) is 38.1 Å². The van der Waals surface area contributed by atoms with Crippen LogP contribution in [0.15, 0.2) is 72.8 Å². The predicted molar refractivity (Wildman–Crippen MR) is 163 cm³/mol. The van der Waals surface area contributed by atoms with Crippen LogP contribution in [0, 0.1) is 13.8 Å². The Bertz CT molecular complexity index is 2120. The molecule has 2 N–H and O–H groups in total. The third-order valence-electron chi connectivity index (χ3n) is 8.80. The summed E-state index contributed by atoms with van der Waals surface area (Å²) in [5, 5.41) is 18.8.